The van der Waals surface area contributed by atoms with Crippen molar-refractivity contribution in [1.29, 1.82) is 0 Å². The van der Waals surface area contributed by atoms with Gasteiger partial charge < -0.3 is 39.0 Å². The third kappa shape index (κ3) is 32.9. The lowest BCUT2D eigenvalue weighted by molar-refractivity contribution is -0.301. The van der Waals surface area contributed by atoms with E-state index in [0.717, 1.165) is 128 Å². The predicted octanol–water partition coefficient (Wildman–Crippen LogP) is 11.9. The first-order valence-corrected chi connectivity index (χ1v) is 25.6. The van der Waals surface area contributed by atoms with Gasteiger partial charge in [0.25, 0.3) is 0 Å². The van der Waals surface area contributed by atoms with Crippen LogP contribution in [0.1, 0.15) is 213 Å². The van der Waals surface area contributed by atoms with Crippen molar-refractivity contribution < 1.29 is 58.2 Å². The van der Waals surface area contributed by atoms with Gasteiger partial charge in [0.15, 0.2) is 24.6 Å². The fourth-order valence-corrected chi connectivity index (χ4v) is 7.31. The molecule has 0 spiro atoms. The number of carboxylic acid groups (broad SMARTS) is 1. The van der Waals surface area contributed by atoms with Crippen LogP contribution in [0.15, 0.2) is 48.6 Å². The normalized spacial score (nSPS) is 19.4. The monoisotopic (exact) mass is 919 g/mol. The first kappa shape index (κ1) is 59.7. The van der Waals surface area contributed by atoms with Crippen molar-refractivity contribution in [1.82, 2.24) is 0 Å². The van der Waals surface area contributed by atoms with E-state index in [1.165, 1.54) is 25.7 Å². The summed E-state index contributed by atoms with van der Waals surface area (Å²) in [5.41, 5.74) is 0. The van der Waals surface area contributed by atoms with Crippen molar-refractivity contribution >= 4 is 23.9 Å². The second-order valence-electron chi connectivity index (χ2n) is 17.4. The Bertz CT molecular complexity index is 1330. The number of rotatable bonds is 42. The first-order valence-electron chi connectivity index (χ1n) is 25.6. The van der Waals surface area contributed by atoms with Crippen molar-refractivity contribution in [2.24, 2.45) is 0 Å². The van der Waals surface area contributed by atoms with Crippen molar-refractivity contribution in [2.75, 3.05) is 13.2 Å². The molecule has 1 aliphatic rings. The predicted molar refractivity (Wildman–Crippen MR) is 257 cm³/mol. The molecule has 65 heavy (non-hydrogen) atoms. The number of esters is 3. The number of aliphatic hydroxyl groups is 2. The molecule has 1 fully saturated rings. The molecule has 12 nitrogen and oxygen atoms in total. The third-order valence-electron chi connectivity index (χ3n) is 11.3. The van der Waals surface area contributed by atoms with Gasteiger partial charge in [-0.15, -0.1) is 0 Å². The quantitative estimate of drug-likeness (QED) is 0.0229. The summed E-state index contributed by atoms with van der Waals surface area (Å²) in [6.07, 6.45) is 35.4. The minimum Gasteiger partial charge on any atom is -0.479 e. The number of carboxylic acids is 1. The number of ether oxygens (including phenoxy) is 5. The number of carbonyl (C=O) groups excluding carboxylic acids is 3. The van der Waals surface area contributed by atoms with E-state index >= 15 is 0 Å². The number of hydrogen-bond donors (Lipinski definition) is 3. The van der Waals surface area contributed by atoms with E-state index in [2.05, 4.69) is 69.4 Å². The molecule has 0 aromatic carbocycles. The van der Waals surface area contributed by atoms with E-state index in [1.807, 2.05) is 0 Å². The van der Waals surface area contributed by atoms with Gasteiger partial charge in [-0.3, -0.25) is 14.4 Å². The second kappa shape index (κ2) is 42.1. The number of aliphatic carboxylic acids is 1. The Morgan fingerprint density at radius 3 is 1.46 bits per heavy atom. The maximum atomic E-state index is 13.0. The summed E-state index contributed by atoms with van der Waals surface area (Å²) in [4.78, 5) is 50.7. The van der Waals surface area contributed by atoms with Crippen LogP contribution in [0.5, 0.6) is 0 Å². The molecule has 0 bridgehead atoms. The van der Waals surface area contributed by atoms with E-state index in [4.69, 9.17) is 23.7 Å². The lowest BCUT2D eigenvalue weighted by Gasteiger charge is -2.40. The Kier molecular flexibility index (Phi) is 38.6. The zero-order chi connectivity index (χ0) is 47.6. The molecular formula is C53H90O12. The Labute approximate surface area is 393 Å². The van der Waals surface area contributed by atoms with E-state index in [-0.39, 0.29) is 25.9 Å². The summed E-state index contributed by atoms with van der Waals surface area (Å²) < 4.78 is 28.2. The molecule has 12 heteroatoms. The molecule has 6 atom stereocenters. The van der Waals surface area contributed by atoms with Gasteiger partial charge in [-0.05, 0) is 83.5 Å². The number of aliphatic hydroxyl groups excluding tert-OH is 2. The van der Waals surface area contributed by atoms with Crippen LogP contribution in [0.2, 0.25) is 0 Å². The maximum Gasteiger partial charge on any atom is 0.335 e. The van der Waals surface area contributed by atoms with Crippen LogP contribution in [-0.2, 0) is 42.9 Å². The maximum absolute atomic E-state index is 13.0. The number of hydrogen-bond acceptors (Lipinski definition) is 11. The Balaban J connectivity index is 2.76. The van der Waals surface area contributed by atoms with E-state index in [1.54, 1.807) is 0 Å². The molecule has 0 saturated carbocycles. The molecule has 0 aliphatic carbocycles. The smallest absolute Gasteiger partial charge is 0.335 e. The van der Waals surface area contributed by atoms with Crippen molar-refractivity contribution in [3.8, 4) is 0 Å². The largest absolute Gasteiger partial charge is 0.479 e. The molecule has 374 valence electrons. The lowest BCUT2D eigenvalue weighted by Crippen LogP contribution is -2.61. The van der Waals surface area contributed by atoms with Crippen LogP contribution < -0.4 is 0 Å². The van der Waals surface area contributed by atoms with Crippen LogP contribution in [0, 0.1) is 0 Å². The number of allylic oxidation sites excluding steroid dienone is 8. The van der Waals surface area contributed by atoms with Gasteiger partial charge in [-0.25, -0.2) is 4.79 Å². The van der Waals surface area contributed by atoms with Gasteiger partial charge in [0.2, 0.25) is 0 Å². The number of carbonyl (C=O) groups is 4. The molecule has 1 rings (SSSR count). The summed E-state index contributed by atoms with van der Waals surface area (Å²) in [5, 5.41) is 31.3. The minimum absolute atomic E-state index is 0.0428. The van der Waals surface area contributed by atoms with E-state index in [0.29, 0.717) is 19.3 Å². The molecule has 0 radical (unpaired) electrons. The summed E-state index contributed by atoms with van der Waals surface area (Å²) >= 11 is 0. The Morgan fingerprint density at radius 1 is 0.508 bits per heavy atom. The molecule has 0 aromatic heterocycles. The van der Waals surface area contributed by atoms with Crippen LogP contribution in [0.3, 0.4) is 0 Å². The van der Waals surface area contributed by atoms with Gasteiger partial charge in [0.1, 0.15) is 18.8 Å². The highest BCUT2D eigenvalue weighted by Gasteiger charge is 2.50. The standard InChI is InChI=1S/C53H90O12/c1-4-7-10-13-16-19-22-23-26-29-32-35-38-41-47(56)64-51-49(58)48(57)50(52(59)60)65-53(51)62-43-44(63-46(55)40-37-34-31-28-25-21-18-15-12-9-6-3)42-61-45(54)39-36-33-30-27-24-20-17-14-11-8-5-2/h10,13-15,17-19,22,44,48-51,53,57-58H,4-9,11-12,16,20-21,23-43H2,1-3H3,(H,59,60)/b13-10-,17-14-,18-15-,22-19-. The Hall–Kier alpha value is -3.32. The van der Waals surface area contributed by atoms with Crippen LogP contribution in [-0.4, -0.2) is 89.2 Å². The highest BCUT2D eigenvalue weighted by Crippen LogP contribution is 2.26. The van der Waals surface area contributed by atoms with Gasteiger partial charge >= 0.3 is 23.9 Å². The van der Waals surface area contributed by atoms with Gasteiger partial charge in [0.05, 0.1) is 6.61 Å². The zero-order valence-corrected chi connectivity index (χ0v) is 40.7. The fourth-order valence-electron chi connectivity index (χ4n) is 7.31. The minimum atomic E-state index is -1.91. The first-order chi connectivity index (χ1) is 31.6. The van der Waals surface area contributed by atoms with E-state index in [9.17, 15) is 34.5 Å². The van der Waals surface area contributed by atoms with Crippen molar-refractivity contribution in [3.05, 3.63) is 48.6 Å². The highest BCUT2D eigenvalue weighted by atomic mass is 16.7. The molecule has 3 N–H and O–H groups in total. The van der Waals surface area contributed by atoms with E-state index < -0.39 is 67.3 Å². The Morgan fingerprint density at radius 2 is 0.954 bits per heavy atom. The summed E-state index contributed by atoms with van der Waals surface area (Å²) in [5.74, 6) is -3.16. The van der Waals surface area contributed by atoms with Crippen LogP contribution in [0.25, 0.3) is 0 Å². The SMILES string of the molecule is CCC/C=C\C/C=C\CCCCCCCC(=O)OC1C(OCC(COC(=O)CCCCCCC/C=C\CCCC)OC(=O)CCCCCCC/C=C\CCCC)OC(C(=O)O)C(O)C1O. The molecule has 1 heterocycles. The lowest BCUT2D eigenvalue weighted by atomic mass is 9.98. The van der Waals surface area contributed by atoms with Gasteiger partial charge in [-0.2, -0.15) is 0 Å². The zero-order valence-electron chi connectivity index (χ0n) is 40.7. The van der Waals surface area contributed by atoms with Crippen LogP contribution >= 0.6 is 0 Å². The fraction of sp³-hybridized carbons (Fsp3) is 0.774. The average Bonchev–Trinajstić information content (AvgIpc) is 3.29. The summed E-state index contributed by atoms with van der Waals surface area (Å²) in [6, 6.07) is 0. The molecular weight excluding hydrogens is 829 g/mol. The molecule has 6 unspecified atom stereocenters. The molecule has 1 aliphatic heterocycles. The van der Waals surface area contributed by atoms with Crippen molar-refractivity contribution in [3.63, 3.8) is 0 Å². The molecule has 1 saturated heterocycles. The van der Waals surface area contributed by atoms with Crippen molar-refractivity contribution in [2.45, 2.75) is 250 Å². The summed E-state index contributed by atoms with van der Waals surface area (Å²) in [6.45, 7) is 5.79. The number of unbranched alkanes of at least 4 members (excludes halogenated alkanes) is 20. The molecule has 0 aromatic rings. The van der Waals surface area contributed by atoms with Gasteiger partial charge in [0, 0.05) is 19.3 Å². The third-order valence-corrected chi connectivity index (χ3v) is 11.3. The highest BCUT2D eigenvalue weighted by molar-refractivity contribution is 5.74. The average molecular weight is 919 g/mol. The van der Waals surface area contributed by atoms with Gasteiger partial charge in [-0.1, -0.05) is 159 Å². The second-order valence-corrected chi connectivity index (χ2v) is 17.4. The summed E-state index contributed by atoms with van der Waals surface area (Å²) in [7, 11) is 0. The topological polar surface area (TPSA) is 175 Å². The molecule has 0 amide bonds. The van der Waals surface area contributed by atoms with Crippen LogP contribution in [0.4, 0.5) is 0 Å².